The van der Waals surface area contributed by atoms with Crippen molar-refractivity contribution in [2.75, 3.05) is 23.4 Å². The Morgan fingerprint density at radius 3 is 2.86 bits per heavy atom. The fraction of sp³-hybridized carbons (Fsp3) is 0.263. The van der Waals surface area contributed by atoms with Gasteiger partial charge in [-0.15, -0.1) is 0 Å². The molecule has 3 rings (SSSR count). The largest absolute Gasteiger partial charge is 0.491 e. The molecule has 1 aliphatic rings. The van der Waals surface area contributed by atoms with E-state index >= 15 is 0 Å². The molecule has 0 saturated heterocycles. The molecular formula is C19H18ClN3O5. The van der Waals surface area contributed by atoms with Crippen LogP contribution >= 0.6 is 11.6 Å². The summed E-state index contributed by atoms with van der Waals surface area (Å²) in [7, 11) is 0. The average molecular weight is 404 g/mol. The normalized spacial score (nSPS) is 14.4. The van der Waals surface area contributed by atoms with E-state index in [1.54, 1.807) is 30.3 Å². The highest BCUT2D eigenvalue weighted by Crippen LogP contribution is 2.30. The number of fused-ring (bicyclic) bond motifs is 1. The minimum Gasteiger partial charge on any atom is -0.491 e. The summed E-state index contributed by atoms with van der Waals surface area (Å²) in [5.41, 5.74) is 0.490. The average Bonchev–Trinajstić information content (AvgIpc) is 2.83. The number of carbonyl (C=O) groups excluding carboxylic acids is 3. The maximum atomic E-state index is 12.3. The zero-order chi connectivity index (χ0) is 20.1. The van der Waals surface area contributed by atoms with Crippen molar-refractivity contribution >= 4 is 40.9 Å². The van der Waals surface area contributed by atoms with E-state index in [9.17, 15) is 14.4 Å². The van der Waals surface area contributed by atoms with E-state index in [1.807, 2.05) is 0 Å². The standard InChI is InChI=1S/C19H18ClN3O5/c1-12(19(26)22-16-7-6-13(20)10-21-16)28-18(25)11-23-14-4-2-3-5-15(14)27-9-8-17(23)24/h2-7,10,12H,8-9,11H2,1H3,(H,21,22,26)/t12-/m0/s1. The van der Waals surface area contributed by atoms with Gasteiger partial charge in [-0.1, -0.05) is 23.7 Å². The molecule has 0 saturated carbocycles. The lowest BCUT2D eigenvalue weighted by atomic mass is 10.2. The van der Waals surface area contributed by atoms with Crippen LogP contribution in [0.2, 0.25) is 5.02 Å². The zero-order valence-corrected chi connectivity index (χ0v) is 15.8. The number of para-hydroxylation sites is 2. The molecule has 2 aromatic rings. The number of nitrogens with one attached hydrogen (secondary N) is 1. The molecule has 1 aliphatic heterocycles. The summed E-state index contributed by atoms with van der Waals surface area (Å²) < 4.78 is 10.7. The van der Waals surface area contributed by atoms with Crippen molar-refractivity contribution in [3.05, 3.63) is 47.6 Å². The van der Waals surface area contributed by atoms with Crippen molar-refractivity contribution in [2.45, 2.75) is 19.4 Å². The Morgan fingerprint density at radius 1 is 1.32 bits per heavy atom. The molecule has 0 aliphatic carbocycles. The Labute approximate surface area is 166 Å². The van der Waals surface area contributed by atoms with E-state index in [0.29, 0.717) is 16.5 Å². The highest BCUT2D eigenvalue weighted by atomic mass is 35.5. The van der Waals surface area contributed by atoms with Gasteiger partial charge in [0.25, 0.3) is 5.91 Å². The van der Waals surface area contributed by atoms with E-state index in [4.69, 9.17) is 21.1 Å². The number of pyridine rings is 1. The first-order valence-electron chi connectivity index (χ1n) is 8.58. The lowest BCUT2D eigenvalue weighted by Crippen LogP contribution is -2.39. The Hall–Kier alpha value is -3.13. The van der Waals surface area contributed by atoms with E-state index in [2.05, 4.69) is 10.3 Å². The van der Waals surface area contributed by atoms with Gasteiger partial charge in [0.05, 0.1) is 23.7 Å². The van der Waals surface area contributed by atoms with Crippen LogP contribution in [0.25, 0.3) is 0 Å². The number of hydrogen-bond acceptors (Lipinski definition) is 6. The summed E-state index contributed by atoms with van der Waals surface area (Å²) in [6.07, 6.45) is 0.456. The van der Waals surface area contributed by atoms with E-state index in [-0.39, 0.29) is 31.3 Å². The van der Waals surface area contributed by atoms with Crippen molar-refractivity contribution in [3.8, 4) is 5.75 Å². The molecule has 146 valence electrons. The molecule has 1 N–H and O–H groups in total. The molecule has 0 unspecified atom stereocenters. The van der Waals surface area contributed by atoms with Crippen LogP contribution in [-0.2, 0) is 19.1 Å². The van der Waals surface area contributed by atoms with Gasteiger partial charge < -0.3 is 14.8 Å². The van der Waals surface area contributed by atoms with Crippen molar-refractivity contribution in [1.82, 2.24) is 4.98 Å². The second-order valence-electron chi connectivity index (χ2n) is 6.03. The summed E-state index contributed by atoms with van der Waals surface area (Å²) in [4.78, 5) is 42.1. The molecule has 8 nitrogen and oxygen atoms in total. The quantitative estimate of drug-likeness (QED) is 0.770. The smallest absolute Gasteiger partial charge is 0.326 e. The molecule has 1 aromatic heterocycles. The van der Waals surface area contributed by atoms with Crippen LogP contribution in [0.1, 0.15) is 13.3 Å². The zero-order valence-electron chi connectivity index (χ0n) is 15.1. The number of anilines is 2. The number of halogens is 1. The fourth-order valence-corrected chi connectivity index (χ4v) is 2.70. The second kappa shape index (κ2) is 8.71. The highest BCUT2D eigenvalue weighted by Gasteiger charge is 2.27. The van der Waals surface area contributed by atoms with Gasteiger partial charge in [-0.05, 0) is 31.2 Å². The molecule has 0 bridgehead atoms. The number of carbonyl (C=O) groups is 3. The molecule has 1 atom stereocenters. The molecular weight excluding hydrogens is 386 g/mol. The fourth-order valence-electron chi connectivity index (χ4n) is 2.59. The van der Waals surface area contributed by atoms with Crippen LogP contribution in [0.4, 0.5) is 11.5 Å². The van der Waals surface area contributed by atoms with E-state index < -0.39 is 18.0 Å². The van der Waals surface area contributed by atoms with E-state index in [1.165, 1.54) is 24.1 Å². The van der Waals surface area contributed by atoms with Crippen molar-refractivity contribution in [1.29, 1.82) is 0 Å². The van der Waals surface area contributed by atoms with Gasteiger partial charge in [0.15, 0.2) is 6.10 Å². The van der Waals surface area contributed by atoms with Crippen molar-refractivity contribution < 1.29 is 23.9 Å². The van der Waals surface area contributed by atoms with Crippen LogP contribution in [-0.4, -0.2) is 42.0 Å². The van der Waals surface area contributed by atoms with Crippen LogP contribution in [0.3, 0.4) is 0 Å². The SMILES string of the molecule is C[C@H](OC(=O)CN1C(=O)CCOc2ccccc21)C(=O)Nc1ccc(Cl)cn1. The lowest BCUT2D eigenvalue weighted by Gasteiger charge is -2.22. The predicted molar refractivity (Wildman–Crippen MR) is 102 cm³/mol. The number of rotatable bonds is 5. The third kappa shape index (κ3) is 4.77. The number of esters is 1. The molecule has 2 heterocycles. The number of nitrogens with zero attached hydrogens (tertiary/aromatic N) is 2. The first kappa shape index (κ1) is 19.6. The van der Waals surface area contributed by atoms with E-state index in [0.717, 1.165) is 0 Å². The Kier molecular flexibility index (Phi) is 6.10. The molecule has 1 aromatic carbocycles. The van der Waals surface area contributed by atoms with Gasteiger partial charge >= 0.3 is 5.97 Å². The van der Waals surface area contributed by atoms with Crippen molar-refractivity contribution in [2.24, 2.45) is 0 Å². The van der Waals surface area contributed by atoms with Crippen LogP contribution in [0, 0.1) is 0 Å². The van der Waals surface area contributed by atoms with Gasteiger partial charge in [-0.25, -0.2) is 4.98 Å². The number of aromatic nitrogens is 1. The molecule has 0 spiro atoms. The summed E-state index contributed by atoms with van der Waals surface area (Å²) in [6.45, 7) is 1.34. The Balaban J connectivity index is 1.62. The van der Waals surface area contributed by atoms with Crippen LogP contribution in [0.5, 0.6) is 5.75 Å². The molecule has 0 radical (unpaired) electrons. The summed E-state index contributed by atoms with van der Waals surface area (Å²) in [5, 5.41) is 2.96. The van der Waals surface area contributed by atoms with Crippen molar-refractivity contribution in [3.63, 3.8) is 0 Å². The molecule has 2 amide bonds. The Bertz CT molecular complexity index is 887. The highest BCUT2D eigenvalue weighted by molar-refractivity contribution is 6.30. The third-order valence-corrected chi connectivity index (χ3v) is 4.20. The second-order valence-corrected chi connectivity index (χ2v) is 6.47. The van der Waals surface area contributed by atoms with Gasteiger partial charge in [0.2, 0.25) is 5.91 Å². The first-order chi connectivity index (χ1) is 13.4. The van der Waals surface area contributed by atoms with Gasteiger partial charge in [-0.3, -0.25) is 19.3 Å². The topological polar surface area (TPSA) is 97.8 Å². The summed E-state index contributed by atoms with van der Waals surface area (Å²) >= 11 is 5.75. The molecule has 28 heavy (non-hydrogen) atoms. The summed E-state index contributed by atoms with van der Waals surface area (Å²) in [5.74, 6) is -0.720. The number of hydrogen-bond donors (Lipinski definition) is 1. The summed E-state index contributed by atoms with van der Waals surface area (Å²) in [6, 6.07) is 10.0. The predicted octanol–water partition coefficient (Wildman–Crippen LogP) is 2.42. The molecule has 9 heteroatoms. The minimum atomic E-state index is -1.07. The Morgan fingerprint density at radius 2 is 2.11 bits per heavy atom. The third-order valence-electron chi connectivity index (χ3n) is 3.97. The lowest BCUT2D eigenvalue weighted by molar-refractivity contribution is -0.152. The van der Waals surface area contributed by atoms with Crippen LogP contribution in [0.15, 0.2) is 42.6 Å². The number of amides is 2. The minimum absolute atomic E-state index is 0.139. The van der Waals surface area contributed by atoms with Gasteiger partial charge in [0.1, 0.15) is 18.1 Å². The van der Waals surface area contributed by atoms with Gasteiger partial charge in [-0.2, -0.15) is 0 Å². The number of ether oxygens (including phenoxy) is 2. The number of benzene rings is 1. The maximum Gasteiger partial charge on any atom is 0.326 e. The van der Waals surface area contributed by atoms with Crippen LogP contribution < -0.4 is 15.0 Å². The molecule has 0 fully saturated rings. The maximum absolute atomic E-state index is 12.3. The van der Waals surface area contributed by atoms with Gasteiger partial charge in [0, 0.05) is 6.20 Å². The first-order valence-corrected chi connectivity index (χ1v) is 8.96. The monoisotopic (exact) mass is 403 g/mol.